The zero-order valence-corrected chi connectivity index (χ0v) is 16.8. The number of aromatic hydroxyl groups is 1. The Labute approximate surface area is 161 Å². The minimum Gasteiger partial charge on any atom is -0.508 e. The Balaban J connectivity index is 0.000000279. The predicted molar refractivity (Wildman–Crippen MR) is 112 cm³/mol. The summed E-state index contributed by atoms with van der Waals surface area (Å²) in [6.45, 7) is 8.36. The van der Waals surface area contributed by atoms with Gasteiger partial charge >= 0.3 is 0 Å². The third-order valence-corrected chi connectivity index (χ3v) is 4.45. The molecular formula is C23H30N2O2. The summed E-state index contributed by atoms with van der Waals surface area (Å²) >= 11 is 0. The number of phenolic OH excluding ortho intramolecular Hbond substituents is 1. The summed E-state index contributed by atoms with van der Waals surface area (Å²) in [5, 5.41) is 9.52. The van der Waals surface area contributed by atoms with Gasteiger partial charge in [-0.05, 0) is 43.2 Å². The molecule has 2 aromatic carbocycles. The van der Waals surface area contributed by atoms with Crippen molar-refractivity contribution in [2.45, 2.75) is 53.4 Å². The van der Waals surface area contributed by atoms with Crippen LogP contribution in [-0.2, 0) is 0 Å². The maximum atomic E-state index is 11.3. The SMILES string of the molecule is CC(=O)c1ccc2c(c1)ncn2-c1cccc(O)c1.CCCCCC(C)C. The summed E-state index contributed by atoms with van der Waals surface area (Å²) in [7, 11) is 0. The number of nitrogens with zero attached hydrogens (tertiary/aromatic N) is 2. The van der Waals surface area contributed by atoms with Crippen molar-refractivity contribution in [3.8, 4) is 11.4 Å². The average molecular weight is 367 g/mol. The van der Waals surface area contributed by atoms with E-state index in [9.17, 15) is 9.90 Å². The van der Waals surface area contributed by atoms with Gasteiger partial charge in [0.25, 0.3) is 0 Å². The zero-order valence-electron chi connectivity index (χ0n) is 16.8. The molecule has 0 aliphatic rings. The zero-order chi connectivity index (χ0) is 19.8. The van der Waals surface area contributed by atoms with Gasteiger partial charge < -0.3 is 5.11 Å². The number of unbranched alkanes of at least 4 members (excludes halogenated alkanes) is 2. The molecule has 1 N–H and O–H groups in total. The highest BCUT2D eigenvalue weighted by molar-refractivity contribution is 5.97. The lowest BCUT2D eigenvalue weighted by Crippen LogP contribution is -1.93. The molecule has 27 heavy (non-hydrogen) atoms. The van der Waals surface area contributed by atoms with Crippen LogP contribution in [0.15, 0.2) is 48.8 Å². The second kappa shape index (κ2) is 9.91. The van der Waals surface area contributed by atoms with Crippen molar-refractivity contribution in [1.82, 2.24) is 9.55 Å². The van der Waals surface area contributed by atoms with Gasteiger partial charge in [0.1, 0.15) is 12.1 Å². The van der Waals surface area contributed by atoms with Crippen molar-refractivity contribution >= 4 is 16.8 Å². The first-order chi connectivity index (χ1) is 12.9. The van der Waals surface area contributed by atoms with E-state index >= 15 is 0 Å². The van der Waals surface area contributed by atoms with Gasteiger partial charge in [-0.3, -0.25) is 9.36 Å². The standard InChI is InChI=1S/C15H12N2O2.C8H18/c1-10(18)11-5-6-15-14(7-11)16-9-17(15)12-3-2-4-13(19)8-12;1-4-5-6-7-8(2)3/h2-9,19H,1H3;8H,4-7H2,1-3H3. The highest BCUT2D eigenvalue weighted by atomic mass is 16.3. The molecule has 0 amide bonds. The Morgan fingerprint density at radius 1 is 1.15 bits per heavy atom. The number of fused-ring (bicyclic) bond motifs is 1. The number of rotatable bonds is 6. The minimum absolute atomic E-state index is 0.0220. The summed E-state index contributed by atoms with van der Waals surface area (Å²) in [6.07, 6.45) is 7.29. The quantitative estimate of drug-likeness (QED) is 0.420. The Bertz CT molecular complexity index is 881. The van der Waals surface area contributed by atoms with Crippen molar-refractivity contribution in [1.29, 1.82) is 0 Å². The first-order valence-electron chi connectivity index (χ1n) is 9.69. The number of Topliss-reactive ketones (excluding diaryl/α,β-unsaturated/α-hetero) is 1. The average Bonchev–Trinajstić information content (AvgIpc) is 3.05. The first kappa shape index (κ1) is 20.7. The molecule has 3 aromatic rings. The number of benzene rings is 2. The van der Waals surface area contributed by atoms with Crippen molar-refractivity contribution in [2.75, 3.05) is 0 Å². The van der Waals surface area contributed by atoms with Crippen molar-refractivity contribution in [2.24, 2.45) is 5.92 Å². The van der Waals surface area contributed by atoms with E-state index in [1.807, 2.05) is 16.7 Å². The summed E-state index contributed by atoms with van der Waals surface area (Å²) < 4.78 is 1.87. The molecule has 0 unspecified atom stereocenters. The van der Waals surface area contributed by atoms with Crippen LogP contribution >= 0.6 is 0 Å². The Morgan fingerprint density at radius 3 is 2.56 bits per heavy atom. The summed E-state index contributed by atoms with van der Waals surface area (Å²) in [5.74, 6) is 1.13. The lowest BCUT2D eigenvalue weighted by molar-refractivity contribution is 0.101. The smallest absolute Gasteiger partial charge is 0.159 e. The molecule has 3 rings (SSSR count). The third-order valence-electron chi connectivity index (χ3n) is 4.45. The Kier molecular flexibility index (Phi) is 7.59. The van der Waals surface area contributed by atoms with Gasteiger partial charge in [0.2, 0.25) is 0 Å². The molecule has 0 spiro atoms. The molecule has 0 radical (unpaired) electrons. The van der Waals surface area contributed by atoms with Gasteiger partial charge in [0.05, 0.1) is 16.7 Å². The number of hydrogen-bond acceptors (Lipinski definition) is 3. The third kappa shape index (κ3) is 5.95. The molecule has 0 fully saturated rings. The number of carbonyl (C=O) groups is 1. The van der Waals surface area contributed by atoms with Gasteiger partial charge in [-0.25, -0.2) is 4.98 Å². The van der Waals surface area contributed by atoms with Crippen LogP contribution in [0, 0.1) is 5.92 Å². The lowest BCUT2D eigenvalue weighted by atomic mass is 10.1. The van der Waals surface area contributed by atoms with Crippen LogP contribution in [0.4, 0.5) is 0 Å². The molecule has 4 heteroatoms. The number of carbonyl (C=O) groups excluding carboxylic acids is 1. The van der Waals surface area contributed by atoms with Crippen LogP contribution in [0.1, 0.15) is 63.7 Å². The fourth-order valence-electron chi connectivity index (χ4n) is 2.88. The maximum absolute atomic E-state index is 11.3. The van der Waals surface area contributed by atoms with Crippen LogP contribution in [0.3, 0.4) is 0 Å². The van der Waals surface area contributed by atoms with Crippen molar-refractivity contribution < 1.29 is 9.90 Å². The summed E-state index contributed by atoms with van der Waals surface area (Å²) in [5.41, 5.74) is 3.14. The van der Waals surface area contributed by atoms with Crippen LogP contribution in [0.2, 0.25) is 0 Å². The molecule has 144 valence electrons. The molecule has 1 heterocycles. The maximum Gasteiger partial charge on any atom is 0.159 e. The number of aromatic nitrogens is 2. The second-order valence-electron chi connectivity index (χ2n) is 7.28. The molecule has 0 aliphatic carbocycles. The van der Waals surface area contributed by atoms with Gasteiger partial charge in [-0.1, -0.05) is 52.5 Å². The Hall–Kier alpha value is -2.62. The lowest BCUT2D eigenvalue weighted by Gasteiger charge is -2.04. The van der Waals surface area contributed by atoms with Crippen LogP contribution in [-0.4, -0.2) is 20.4 Å². The fraction of sp³-hybridized carbons (Fsp3) is 0.391. The highest BCUT2D eigenvalue weighted by Gasteiger charge is 2.07. The predicted octanol–water partition coefficient (Wildman–Crippen LogP) is 6.16. The van der Waals surface area contributed by atoms with E-state index in [4.69, 9.17) is 0 Å². The van der Waals surface area contributed by atoms with Gasteiger partial charge in [-0.15, -0.1) is 0 Å². The summed E-state index contributed by atoms with van der Waals surface area (Å²) in [4.78, 5) is 15.6. The fourth-order valence-corrected chi connectivity index (χ4v) is 2.88. The van der Waals surface area contributed by atoms with E-state index in [0.29, 0.717) is 5.56 Å². The normalized spacial score (nSPS) is 10.7. The minimum atomic E-state index is 0.0220. The Morgan fingerprint density at radius 2 is 1.93 bits per heavy atom. The van der Waals surface area contributed by atoms with Crippen LogP contribution in [0.25, 0.3) is 16.7 Å². The van der Waals surface area contributed by atoms with E-state index in [0.717, 1.165) is 22.6 Å². The van der Waals surface area contributed by atoms with Crippen molar-refractivity contribution in [3.05, 3.63) is 54.4 Å². The van der Waals surface area contributed by atoms with Crippen LogP contribution in [0.5, 0.6) is 5.75 Å². The van der Waals surface area contributed by atoms with E-state index in [1.165, 1.54) is 32.6 Å². The van der Waals surface area contributed by atoms with E-state index in [-0.39, 0.29) is 11.5 Å². The highest BCUT2D eigenvalue weighted by Crippen LogP contribution is 2.22. The van der Waals surface area contributed by atoms with Gasteiger partial charge in [-0.2, -0.15) is 0 Å². The molecule has 4 nitrogen and oxygen atoms in total. The van der Waals surface area contributed by atoms with E-state index in [2.05, 4.69) is 25.8 Å². The van der Waals surface area contributed by atoms with Crippen molar-refractivity contribution in [3.63, 3.8) is 0 Å². The van der Waals surface area contributed by atoms with Gasteiger partial charge in [0, 0.05) is 11.6 Å². The monoisotopic (exact) mass is 366 g/mol. The topological polar surface area (TPSA) is 55.1 Å². The molecule has 0 saturated heterocycles. The molecule has 0 aliphatic heterocycles. The molecule has 0 saturated carbocycles. The van der Waals surface area contributed by atoms with Crippen LogP contribution < -0.4 is 0 Å². The molecular weight excluding hydrogens is 336 g/mol. The second-order valence-corrected chi connectivity index (χ2v) is 7.28. The number of imidazole rings is 1. The van der Waals surface area contributed by atoms with E-state index < -0.39 is 0 Å². The molecule has 0 bridgehead atoms. The number of phenols is 1. The number of hydrogen-bond donors (Lipinski definition) is 1. The van der Waals surface area contributed by atoms with E-state index in [1.54, 1.807) is 36.7 Å². The van der Waals surface area contributed by atoms with Gasteiger partial charge in [0.15, 0.2) is 5.78 Å². The first-order valence-corrected chi connectivity index (χ1v) is 9.69. The molecule has 1 aromatic heterocycles. The number of ketones is 1. The largest absolute Gasteiger partial charge is 0.508 e. The summed E-state index contributed by atoms with van der Waals surface area (Å²) in [6, 6.07) is 12.4. The molecule has 0 atom stereocenters.